The van der Waals surface area contributed by atoms with Crippen molar-refractivity contribution in [2.24, 2.45) is 0 Å². The molecule has 0 aromatic heterocycles. The molecule has 9 aromatic carbocycles. The van der Waals surface area contributed by atoms with Gasteiger partial charge in [0.2, 0.25) is 0 Å². The van der Waals surface area contributed by atoms with E-state index in [4.69, 9.17) is 0 Å². The Hall–Kier alpha value is -7.32. The third-order valence-corrected chi connectivity index (χ3v) is 18.7. The highest BCUT2D eigenvalue weighted by molar-refractivity contribution is 6.35. The van der Waals surface area contributed by atoms with Crippen molar-refractivity contribution in [1.29, 1.82) is 0 Å². The molecule has 0 fully saturated rings. The zero-order valence-corrected chi connectivity index (χ0v) is 54.4. The summed E-state index contributed by atoms with van der Waals surface area (Å²) in [5.41, 5.74) is 20.6. The van der Waals surface area contributed by atoms with Crippen LogP contribution < -0.4 is 39.2 Å². The molecule has 84 heavy (non-hydrogen) atoms. The maximum atomic E-state index is 2.61. The average molecular weight is 1130 g/mol. The lowest BCUT2D eigenvalue weighted by Gasteiger charge is -2.32. The normalized spacial score (nSPS) is 11.6. The van der Waals surface area contributed by atoms with E-state index in [9.17, 15) is 0 Å². The number of rotatable bonds is 28. The second-order valence-corrected chi connectivity index (χ2v) is 22.4. The molecule has 0 aliphatic carbocycles. The lowest BCUT2D eigenvalue weighted by atomic mass is 9.82. The van der Waals surface area contributed by atoms with Crippen LogP contribution in [0.25, 0.3) is 87.6 Å². The van der Waals surface area contributed by atoms with Crippen LogP contribution in [-0.2, 0) is 0 Å². The van der Waals surface area contributed by atoms with Crippen molar-refractivity contribution in [2.75, 3.05) is 144 Å². The smallest absolute Gasteiger partial charge is 0.0466 e. The largest absolute Gasteiger partial charge is 0.372 e. The molecule has 9 aromatic rings. The van der Waals surface area contributed by atoms with E-state index in [0.29, 0.717) is 0 Å². The summed E-state index contributed by atoms with van der Waals surface area (Å²) in [6, 6.07) is 48.9. The fourth-order valence-corrected chi connectivity index (χ4v) is 14.4. The Morgan fingerprint density at radius 2 is 0.345 bits per heavy atom. The van der Waals surface area contributed by atoms with Crippen LogP contribution in [0.15, 0.2) is 121 Å². The molecule has 0 saturated heterocycles. The first-order valence-electron chi connectivity index (χ1n) is 32.8. The van der Waals surface area contributed by atoms with Crippen LogP contribution in [0.1, 0.15) is 111 Å². The molecule has 0 aliphatic heterocycles. The number of fused-ring (bicyclic) bond motifs is 2. The van der Waals surface area contributed by atoms with Crippen molar-refractivity contribution in [3.05, 3.63) is 121 Å². The van der Waals surface area contributed by atoms with E-state index in [1.807, 2.05) is 0 Å². The molecule has 0 aliphatic rings. The topological polar surface area (TPSA) is 25.9 Å². The quantitative estimate of drug-likeness (QED) is 0.0354. The van der Waals surface area contributed by atoms with Gasteiger partial charge in [-0.15, -0.1) is 0 Å². The summed E-state index contributed by atoms with van der Waals surface area (Å²) in [6.07, 6.45) is 0. The minimum atomic E-state index is 0.919. The first-order valence-corrected chi connectivity index (χ1v) is 32.8. The summed E-state index contributed by atoms with van der Waals surface area (Å²) in [7, 11) is 0. The molecule has 0 unspecified atom stereocenters. The van der Waals surface area contributed by atoms with Crippen LogP contribution in [0.2, 0.25) is 0 Å². The van der Waals surface area contributed by atoms with E-state index < -0.39 is 0 Å². The van der Waals surface area contributed by atoms with Gasteiger partial charge in [-0.1, -0.05) is 24.3 Å². The van der Waals surface area contributed by atoms with Crippen molar-refractivity contribution in [3.8, 4) is 44.5 Å². The first-order chi connectivity index (χ1) is 41.0. The summed E-state index contributed by atoms with van der Waals surface area (Å²) < 4.78 is 0. The minimum absolute atomic E-state index is 0.919. The highest BCUT2D eigenvalue weighted by atomic mass is 15.2. The Labute approximate surface area is 506 Å². The molecule has 0 radical (unpaired) electrons. The number of anilines is 8. The van der Waals surface area contributed by atoms with Gasteiger partial charge in [-0.25, -0.2) is 0 Å². The van der Waals surface area contributed by atoms with Gasteiger partial charge in [0.1, 0.15) is 0 Å². The van der Waals surface area contributed by atoms with Gasteiger partial charge in [-0.3, -0.25) is 0 Å². The first kappa shape index (κ1) is 61.2. The molecule has 0 saturated carbocycles. The molecule has 0 heterocycles. The Morgan fingerprint density at radius 1 is 0.202 bits per heavy atom. The summed E-state index contributed by atoms with van der Waals surface area (Å²) in [5.74, 6) is 0. The van der Waals surface area contributed by atoms with E-state index >= 15 is 0 Å². The van der Waals surface area contributed by atoms with E-state index in [0.717, 1.165) is 105 Å². The van der Waals surface area contributed by atoms with Crippen molar-refractivity contribution in [3.63, 3.8) is 0 Å². The Morgan fingerprint density at radius 3 is 0.476 bits per heavy atom. The summed E-state index contributed by atoms with van der Waals surface area (Å²) in [5, 5.41) is 10.4. The lowest BCUT2D eigenvalue weighted by molar-refractivity contribution is 0.853. The summed E-state index contributed by atoms with van der Waals surface area (Å²) >= 11 is 0. The standard InChI is InChI=1S/C76H100N8/c1-17-77(18-2)63-37-33-38-64(78(19-3)20-4)73(63)55-45-53-46-56(74-65(79(21-5)22-6)39-34-40-66(74)80(23-7)24-8)51-61-62-52-58(76-69(83(29-13)30-14)43-36-44-70(76)84(31-15)32-16)48-54-47-57(50-60(72(54)62)59(49-55)71(53)61)75-67(81(25-9)26-10)41-35-42-68(75)82(27-11)28-12/h33-52H,17-32H2,1-16H3. The molecule has 0 atom stereocenters. The predicted molar refractivity (Wildman–Crippen MR) is 378 cm³/mol. The van der Waals surface area contributed by atoms with E-state index in [1.54, 1.807) is 0 Å². The number of hydrogen-bond donors (Lipinski definition) is 0. The summed E-state index contributed by atoms with van der Waals surface area (Å²) in [6.45, 7) is 51.6. The molecule has 0 amide bonds. The van der Waals surface area contributed by atoms with E-state index in [1.165, 1.54) is 133 Å². The molecule has 0 spiro atoms. The van der Waals surface area contributed by atoms with Crippen LogP contribution in [0.3, 0.4) is 0 Å². The van der Waals surface area contributed by atoms with Crippen molar-refractivity contribution in [2.45, 2.75) is 111 Å². The maximum Gasteiger partial charge on any atom is 0.0466 e. The van der Waals surface area contributed by atoms with Gasteiger partial charge in [0.25, 0.3) is 0 Å². The van der Waals surface area contributed by atoms with Crippen molar-refractivity contribution < 1.29 is 0 Å². The van der Waals surface area contributed by atoms with Gasteiger partial charge in [0.05, 0.1) is 0 Å². The lowest BCUT2D eigenvalue weighted by Crippen LogP contribution is -2.26. The van der Waals surface area contributed by atoms with E-state index in [2.05, 4.69) is 271 Å². The second-order valence-electron chi connectivity index (χ2n) is 22.4. The van der Waals surface area contributed by atoms with Crippen LogP contribution in [0.5, 0.6) is 0 Å². The SMILES string of the molecule is CCN(CC)c1cccc(N(CC)CC)c1-c1cc2cc(-c3c(N(CC)CC)cccc3N(CC)CC)cc3c4cc(-c5c(N(CC)CC)cccc5N(CC)CC)cc5cc(-c6c(N(CC)CC)cccc6N(CC)CC)cc(c(c1)c23)c54. The third kappa shape index (κ3) is 10.9. The van der Waals surface area contributed by atoms with Crippen molar-refractivity contribution in [1.82, 2.24) is 0 Å². The Kier molecular flexibility index (Phi) is 19.8. The molecule has 8 nitrogen and oxygen atoms in total. The monoisotopic (exact) mass is 1120 g/mol. The predicted octanol–water partition coefficient (Wildman–Crippen LogP) is 19.2. The van der Waals surface area contributed by atoms with Crippen LogP contribution in [0, 0.1) is 0 Å². The molecular weight excluding hydrogens is 1020 g/mol. The van der Waals surface area contributed by atoms with Crippen molar-refractivity contribution >= 4 is 88.6 Å². The van der Waals surface area contributed by atoms with Gasteiger partial charge < -0.3 is 39.2 Å². The van der Waals surface area contributed by atoms with E-state index in [-0.39, 0.29) is 0 Å². The second kappa shape index (κ2) is 27.2. The number of nitrogens with zero attached hydrogens (tertiary/aromatic N) is 8. The zero-order chi connectivity index (χ0) is 59.9. The van der Waals surface area contributed by atoms with Crippen LogP contribution >= 0.6 is 0 Å². The van der Waals surface area contributed by atoms with Gasteiger partial charge in [-0.05, 0) is 273 Å². The number of benzene rings is 9. The van der Waals surface area contributed by atoms with Gasteiger partial charge >= 0.3 is 0 Å². The molecule has 9 rings (SSSR count). The fourth-order valence-electron chi connectivity index (χ4n) is 14.4. The molecular formula is C76H100N8. The van der Waals surface area contributed by atoms with Gasteiger partial charge in [0.15, 0.2) is 0 Å². The third-order valence-electron chi connectivity index (χ3n) is 18.7. The Bertz CT molecular complexity index is 3070. The summed E-state index contributed by atoms with van der Waals surface area (Å²) in [4.78, 5) is 20.5. The Balaban J connectivity index is 1.60. The minimum Gasteiger partial charge on any atom is -0.372 e. The molecule has 444 valence electrons. The van der Waals surface area contributed by atoms with Gasteiger partial charge in [0, 0.05) is 172 Å². The zero-order valence-electron chi connectivity index (χ0n) is 54.4. The van der Waals surface area contributed by atoms with Crippen LogP contribution in [-0.4, -0.2) is 105 Å². The van der Waals surface area contributed by atoms with Crippen LogP contribution in [0.4, 0.5) is 45.5 Å². The fraction of sp³-hybridized carbons (Fsp3) is 0.421. The highest BCUT2D eigenvalue weighted by Crippen LogP contribution is 2.53. The highest BCUT2D eigenvalue weighted by Gasteiger charge is 2.28. The maximum absolute atomic E-state index is 2.61. The molecule has 8 heteroatoms. The molecule has 0 N–H and O–H groups in total. The molecule has 0 bridgehead atoms. The number of hydrogen-bond acceptors (Lipinski definition) is 8. The van der Waals surface area contributed by atoms with Gasteiger partial charge in [-0.2, -0.15) is 0 Å². The average Bonchev–Trinajstić information content (AvgIpc) is 0.859.